The number of carboxylic acids is 1. The van der Waals surface area contributed by atoms with Gasteiger partial charge in [-0.05, 0) is 30.3 Å². The molecule has 33 heavy (non-hydrogen) atoms. The molecule has 13 heteroatoms. The second-order valence-electron chi connectivity index (χ2n) is 6.93. The molecule has 3 aromatic rings. The summed E-state index contributed by atoms with van der Waals surface area (Å²) in [6, 6.07) is 10.3. The van der Waals surface area contributed by atoms with E-state index in [2.05, 4.69) is 14.8 Å². The van der Waals surface area contributed by atoms with Gasteiger partial charge < -0.3 is 14.6 Å². The minimum absolute atomic E-state index is 0.0710. The maximum absolute atomic E-state index is 12.9. The predicted molar refractivity (Wildman–Crippen MR) is 115 cm³/mol. The predicted octanol–water partition coefficient (Wildman–Crippen LogP) is 0.968. The Morgan fingerprint density at radius 2 is 2.09 bits per heavy atom. The average Bonchev–Trinajstić information content (AvgIpc) is 3.29. The van der Waals surface area contributed by atoms with E-state index in [-0.39, 0.29) is 28.6 Å². The molecule has 0 saturated heterocycles. The number of hydrogen-bond donors (Lipinski definition) is 2. The van der Waals surface area contributed by atoms with Crippen LogP contribution >= 0.6 is 0 Å². The molecule has 2 N–H and O–H groups in total. The highest BCUT2D eigenvalue weighted by molar-refractivity contribution is 7.92. The van der Waals surface area contributed by atoms with Crippen LogP contribution in [0.4, 0.5) is 11.4 Å². The number of aliphatic carboxylic acids is 1. The van der Waals surface area contributed by atoms with Gasteiger partial charge >= 0.3 is 5.97 Å². The van der Waals surface area contributed by atoms with E-state index in [4.69, 9.17) is 14.6 Å². The standard InChI is InChI=1S/C20H19N5O7S/c26-19-11-32-18-5-4-16(9-17(18)25(19)10-20(27)28)33(29,30)23-14-2-1-3-15(8-14)31-7-6-24-13-21-12-22-24/h1-5,8-9,12-13,23H,6-7,10-11H2,(H,27,28). The molecule has 0 fully saturated rings. The molecule has 2 aromatic carbocycles. The summed E-state index contributed by atoms with van der Waals surface area (Å²) in [5.74, 6) is -1.14. The van der Waals surface area contributed by atoms with E-state index in [1.165, 1.54) is 30.6 Å². The molecule has 0 bridgehead atoms. The number of fused-ring (bicyclic) bond motifs is 1. The molecule has 1 aliphatic rings. The third-order valence-electron chi connectivity index (χ3n) is 4.62. The highest BCUT2D eigenvalue weighted by Crippen LogP contribution is 2.34. The van der Waals surface area contributed by atoms with Gasteiger partial charge in [-0.3, -0.25) is 19.2 Å². The largest absolute Gasteiger partial charge is 0.492 e. The molecule has 1 aliphatic heterocycles. The lowest BCUT2D eigenvalue weighted by molar-refractivity contribution is -0.137. The summed E-state index contributed by atoms with van der Waals surface area (Å²) in [6.45, 7) is -0.162. The Morgan fingerprint density at radius 3 is 2.85 bits per heavy atom. The van der Waals surface area contributed by atoms with Crippen LogP contribution in [0.1, 0.15) is 0 Å². The molecule has 2 heterocycles. The van der Waals surface area contributed by atoms with Gasteiger partial charge in [-0.1, -0.05) is 6.07 Å². The van der Waals surface area contributed by atoms with Crippen molar-refractivity contribution in [2.45, 2.75) is 11.4 Å². The van der Waals surface area contributed by atoms with Crippen molar-refractivity contribution in [3.63, 3.8) is 0 Å². The normalized spacial score (nSPS) is 13.2. The fraction of sp³-hybridized carbons (Fsp3) is 0.200. The molecule has 0 radical (unpaired) electrons. The first kappa shape index (κ1) is 22.1. The zero-order valence-corrected chi connectivity index (χ0v) is 17.9. The number of hydrogen-bond acceptors (Lipinski definition) is 8. The summed E-state index contributed by atoms with van der Waals surface area (Å²) in [5.41, 5.74) is 0.336. The first-order valence-corrected chi connectivity index (χ1v) is 11.2. The van der Waals surface area contributed by atoms with Crippen LogP contribution in [0, 0.1) is 0 Å². The third-order valence-corrected chi connectivity index (χ3v) is 6.00. The summed E-state index contributed by atoms with van der Waals surface area (Å²) in [4.78, 5) is 27.9. The average molecular weight is 473 g/mol. The Balaban J connectivity index is 1.50. The summed E-state index contributed by atoms with van der Waals surface area (Å²) >= 11 is 0. The van der Waals surface area contributed by atoms with Crippen LogP contribution < -0.4 is 19.1 Å². The second-order valence-corrected chi connectivity index (χ2v) is 8.61. The van der Waals surface area contributed by atoms with Crippen LogP contribution in [0.5, 0.6) is 11.5 Å². The number of sulfonamides is 1. The lowest BCUT2D eigenvalue weighted by Crippen LogP contribution is -2.42. The van der Waals surface area contributed by atoms with Crippen LogP contribution in [-0.2, 0) is 26.2 Å². The number of nitrogens with zero attached hydrogens (tertiary/aromatic N) is 4. The SMILES string of the molecule is O=C(O)CN1C(=O)COc2ccc(S(=O)(=O)Nc3cccc(OCCn4cncn4)c3)cc21. The van der Waals surface area contributed by atoms with Crippen molar-refractivity contribution < 1.29 is 32.6 Å². The Kier molecular flexibility index (Phi) is 6.13. The molecule has 0 atom stereocenters. The van der Waals surface area contributed by atoms with E-state index >= 15 is 0 Å². The molecule has 0 spiro atoms. The van der Waals surface area contributed by atoms with Gasteiger partial charge in [-0.15, -0.1) is 0 Å². The van der Waals surface area contributed by atoms with Gasteiger partial charge in [0.2, 0.25) is 0 Å². The summed E-state index contributed by atoms with van der Waals surface area (Å²) in [6.07, 6.45) is 2.97. The van der Waals surface area contributed by atoms with Gasteiger partial charge in [0.15, 0.2) is 6.61 Å². The number of ether oxygens (including phenoxy) is 2. The zero-order valence-electron chi connectivity index (χ0n) is 17.1. The maximum Gasteiger partial charge on any atom is 0.323 e. The Morgan fingerprint density at radius 1 is 1.24 bits per heavy atom. The molecule has 4 rings (SSSR count). The van der Waals surface area contributed by atoms with E-state index in [1.54, 1.807) is 29.2 Å². The monoisotopic (exact) mass is 473 g/mol. The van der Waals surface area contributed by atoms with Crippen molar-refractivity contribution in [3.8, 4) is 11.5 Å². The Hall–Kier alpha value is -4.13. The number of benzene rings is 2. The number of amides is 1. The van der Waals surface area contributed by atoms with E-state index in [0.29, 0.717) is 18.9 Å². The van der Waals surface area contributed by atoms with Crippen LogP contribution in [0.2, 0.25) is 0 Å². The topological polar surface area (TPSA) is 153 Å². The molecule has 0 saturated carbocycles. The molecule has 172 valence electrons. The van der Waals surface area contributed by atoms with Crippen molar-refractivity contribution in [3.05, 3.63) is 55.1 Å². The quantitative estimate of drug-likeness (QED) is 0.463. The Bertz CT molecular complexity index is 1280. The molecule has 12 nitrogen and oxygen atoms in total. The fourth-order valence-corrected chi connectivity index (χ4v) is 4.20. The van der Waals surface area contributed by atoms with E-state index in [1.807, 2.05) is 0 Å². The number of carbonyl (C=O) groups is 2. The number of nitrogens with one attached hydrogen (secondary N) is 1. The molecule has 0 unspecified atom stereocenters. The van der Waals surface area contributed by atoms with Gasteiger partial charge in [-0.2, -0.15) is 5.10 Å². The second kappa shape index (κ2) is 9.16. The van der Waals surface area contributed by atoms with Crippen molar-refractivity contribution >= 4 is 33.3 Å². The summed E-state index contributed by atoms with van der Waals surface area (Å²) < 4.78 is 40.9. The van der Waals surface area contributed by atoms with Gasteiger partial charge in [0, 0.05) is 6.07 Å². The van der Waals surface area contributed by atoms with E-state index in [9.17, 15) is 18.0 Å². The number of rotatable bonds is 9. The number of carboxylic acid groups (broad SMARTS) is 1. The molecular formula is C20H19N5O7S. The van der Waals surface area contributed by atoms with Crippen LogP contribution in [0.3, 0.4) is 0 Å². The fourth-order valence-electron chi connectivity index (χ4n) is 3.13. The van der Waals surface area contributed by atoms with Crippen molar-refractivity contribution in [1.29, 1.82) is 0 Å². The van der Waals surface area contributed by atoms with Gasteiger partial charge in [0.05, 0.1) is 22.8 Å². The van der Waals surface area contributed by atoms with Gasteiger partial charge in [-0.25, -0.2) is 18.1 Å². The smallest absolute Gasteiger partial charge is 0.323 e. The van der Waals surface area contributed by atoms with Crippen molar-refractivity contribution in [1.82, 2.24) is 14.8 Å². The molecule has 0 aliphatic carbocycles. The van der Waals surface area contributed by atoms with Crippen molar-refractivity contribution in [2.75, 3.05) is 29.4 Å². The highest BCUT2D eigenvalue weighted by atomic mass is 32.2. The van der Waals surface area contributed by atoms with Crippen LogP contribution in [0.15, 0.2) is 60.0 Å². The number of anilines is 2. The molecule has 1 amide bonds. The highest BCUT2D eigenvalue weighted by Gasteiger charge is 2.29. The molecular weight excluding hydrogens is 454 g/mol. The van der Waals surface area contributed by atoms with Gasteiger partial charge in [0.25, 0.3) is 15.9 Å². The van der Waals surface area contributed by atoms with Crippen LogP contribution in [0.25, 0.3) is 0 Å². The Labute approximate surface area is 188 Å². The first-order chi connectivity index (χ1) is 15.8. The first-order valence-electron chi connectivity index (χ1n) is 9.69. The number of aromatic nitrogens is 3. The zero-order chi connectivity index (χ0) is 23.4. The van der Waals surface area contributed by atoms with E-state index < -0.39 is 28.4 Å². The lowest BCUT2D eigenvalue weighted by atomic mass is 10.2. The maximum atomic E-state index is 12.9. The van der Waals surface area contributed by atoms with Crippen molar-refractivity contribution in [2.24, 2.45) is 0 Å². The summed E-state index contributed by atoms with van der Waals surface area (Å²) in [5, 5.41) is 13.1. The van der Waals surface area contributed by atoms with Gasteiger partial charge in [0.1, 0.15) is 37.3 Å². The molecule has 1 aromatic heterocycles. The minimum Gasteiger partial charge on any atom is -0.492 e. The lowest BCUT2D eigenvalue weighted by Gasteiger charge is -2.28. The third kappa shape index (κ3) is 5.20. The number of carbonyl (C=O) groups excluding carboxylic acids is 1. The summed E-state index contributed by atoms with van der Waals surface area (Å²) in [7, 11) is -4.06. The van der Waals surface area contributed by atoms with Crippen LogP contribution in [-0.4, -0.2) is 59.9 Å². The van der Waals surface area contributed by atoms with E-state index in [0.717, 1.165) is 4.90 Å². The minimum atomic E-state index is -4.06.